The van der Waals surface area contributed by atoms with E-state index in [9.17, 15) is 9.59 Å². The van der Waals surface area contributed by atoms with Gasteiger partial charge in [-0.2, -0.15) is 0 Å². The van der Waals surface area contributed by atoms with Crippen molar-refractivity contribution in [2.45, 2.75) is 0 Å². The smallest absolute Gasteiger partial charge is 0.290 e. The molecule has 0 bridgehead atoms. The number of nitrogens with one attached hydrogen (secondary N) is 1. The standard InChI is InChI=1S/C14H19N3O3.CH2O2/c1-16(2)7-8-17-9-12(18)15-13-10(14(17)19)5-4-6-11(13)20-3;2-1-3/h4-6H,7-9H2,1-3H3,(H,15,18);1H,(H,2,3). The molecule has 0 saturated heterocycles. The molecule has 0 unspecified atom stereocenters. The van der Waals surface area contributed by atoms with Crippen LogP contribution in [0.5, 0.6) is 5.75 Å². The molecular formula is C15H21N3O5. The summed E-state index contributed by atoms with van der Waals surface area (Å²) < 4.78 is 5.20. The first kappa shape index (κ1) is 18.4. The molecule has 1 aliphatic rings. The van der Waals surface area contributed by atoms with Crippen LogP contribution in [0.1, 0.15) is 10.4 Å². The number of para-hydroxylation sites is 1. The van der Waals surface area contributed by atoms with Gasteiger partial charge in [-0.3, -0.25) is 14.4 Å². The third kappa shape index (κ3) is 4.96. The van der Waals surface area contributed by atoms with Crippen molar-refractivity contribution in [2.24, 2.45) is 0 Å². The molecule has 0 atom stereocenters. The van der Waals surface area contributed by atoms with E-state index < -0.39 is 0 Å². The Morgan fingerprint density at radius 3 is 2.61 bits per heavy atom. The topological polar surface area (TPSA) is 99.2 Å². The van der Waals surface area contributed by atoms with Gasteiger partial charge < -0.3 is 25.0 Å². The highest BCUT2D eigenvalue weighted by molar-refractivity contribution is 6.09. The number of hydrogen-bond acceptors (Lipinski definition) is 5. The fourth-order valence-corrected chi connectivity index (χ4v) is 2.10. The van der Waals surface area contributed by atoms with E-state index in [1.807, 2.05) is 19.0 Å². The monoisotopic (exact) mass is 323 g/mol. The summed E-state index contributed by atoms with van der Waals surface area (Å²) in [7, 11) is 5.37. The summed E-state index contributed by atoms with van der Waals surface area (Å²) in [5, 5.41) is 9.64. The summed E-state index contributed by atoms with van der Waals surface area (Å²) in [6.07, 6.45) is 0. The zero-order chi connectivity index (χ0) is 17.4. The first-order valence-electron chi connectivity index (χ1n) is 6.93. The second-order valence-electron chi connectivity index (χ2n) is 5.07. The molecule has 2 amide bonds. The first-order valence-corrected chi connectivity index (χ1v) is 6.93. The van der Waals surface area contributed by atoms with Crippen LogP contribution in [0, 0.1) is 0 Å². The van der Waals surface area contributed by atoms with Gasteiger partial charge in [-0.05, 0) is 26.2 Å². The summed E-state index contributed by atoms with van der Waals surface area (Å²) in [6.45, 7) is 1.03. The number of hydrogen-bond donors (Lipinski definition) is 2. The molecule has 1 heterocycles. The van der Waals surface area contributed by atoms with Gasteiger partial charge in [-0.1, -0.05) is 6.07 Å². The van der Waals surface area contributed by atoms with Gasteiger partial charge in [-0.15, -0.1) is 0 Å². The van der Waals surface area contributed by atoms with Crippen LogP contribution in [-0.2, 0) is 9.59 Å². The van der Waals surface area contributed by atoms with Crippen LogP contribution in [0.3, 0.4) is 0 Å². The van der Waals surface area contributed by atoms with Crippen molar-refractivity contribution < 1.29 is 24.2 Å². The lowest BCUT2D eigenvalue weighted by Crippen LogP contribution is -2.39. The van der Waals surface area contributed by atoms with Gasteiger partial charge in [-0.25, -0.2) is 0 Å². The molecule has 8 nitrogen and oxygen atoms in total. The fraction of sp³-hybridized carbons (Fsp3) is 0.400. The van der Waals surface area contributed by atoms with E-state index in [-0.39, 0.29) is 24.8 Å². The number of methoxy groups -OCH3 is 1. The third-order valence-electron chi connectivity index (χ3n) is 3.18. The normalized spacial score (nSPS) is 13.5. The number of likely N-dealkylation sites (N-methyl/N-ethyl adjacent to an activating group) is 1. The third-order valence-corrected chi connectivity index (χ3v) is 3.18. The summed E-state index contributed by atoms with van der Waals surface area (Å²) in [6, 6.07) is 5.17. The van der Waals surface area contributed by atoms with Crippen molar-refractivity contribution in [3.63, 3.8) is 0 Å². The number of amides is 2. The van der Waals surface area contributed by atoms with Gasteiger partial charge in [0.2, 0.25) is 5.91 Å². The maximum Gasteiger partial charge on any atom is 0.290 e. The second-order valence-corrected chi connectivity index (χ2v) is 5.07. The van der Waals surface area contributed by atoms with E-state index in [4.69, 9.17) is 14.6 Å². The van der Waals surface area contributed by atoms with Crippen LogP contribution in [-0.4, -0.2) is 74.0 Å². The molecule has 0 aromatic heterocycles. The summed E-state index contributed by atoms with van der Waals surface area (Å²) in [4.78, 5) is 36.4. The highest BCUT2D eigenvalue weighted by atomic mass is 16.5. The number of ether oxygens (including phenoxy) is 1. The van der Waals surface area contributed by atoms with Crippen LogP contribution >= 0.6 is 0 Å². The maximum atomic E-state index is 12.5. The minimum atomic E-state index is -0.250. The molecule has 23 heavy (non-hydrogen) atoms. The molecule has 1 aliphatic heterocycles. The molecule has 0 fully saturated rings. The molecule has 0 aliphatic carbocycles. The zero-order valence-electron chi connectivity index (χ0n) is 13.4. The molecule has 2 N–H and O–H groups in total. The Labute approximate surface area is 134 Å². The molecule has 8 heteroatoms. The highest BCUT2D eigenvalue weighted by Gasteiger charge is 2.27. The molecule has 126 valence electrons. The van der Waals surface area contributed by atoms with Gasteiger partial charge in [0.25, 0.3) is 12.4 Å². The second kappa shape index (κ2) is 8.74. The number of carboxylic acid groups (broad SMARTS) is 1. The van der Waals surface area contributed by atoms with Crippen LogP contribution in [0.4, 0.5) is 5.69 Å². The number of carbonyl (C=O) groups is 3. The quantitative estimate of drug-likeness (QED) is 0.776. The average molecular weight is 323 g/mol. The van der Waals surface area contributed by atoms with E-state index in [1.165, 1.54) is 7.11 Å². The number of anilines is 1. The van der Waals surface area contributed by atoms with Crippen molar-refractivity contribution >= 4 is 24.0 Å². The summed E-state index contributed by atoms with van der Waals surface area (Å²) >= 11 is 0. The van der Waals surface area contributed by atoms with E-state index in [2.05, 4.69) is 5.32 Å². The maximum absolute atomic E-state index is 12.5. The van der Waals surface area contributed by atoms with Crippen LogP contribution < -0.4 is 10.1 Å². The predicted octanol–water partition coefficient (Wildman–Crippen LogP) is 0.352. The lowest BCUT2D eigenvalue weighted by molar-refractivity contribution is -0.123. The molecule has 1 aromatic rings. The van der Waals surface area contributed by atoms with Crippen molar-refractivity contribution in [2.75, 3.05) is 46.2 Å². The van der Waals surface area contributed by atoms with E-state index in [0.29, 0.717) is 30.1 Å². The number of nitrogens with zero attached hydrogens (tertiary/aromatic N) is 2. The highest BCUT2D eigenvalue weighted by Crippen LogP contribution is 2.30. The molecule has 1 aromatic carbocycles. The minimum Gasteiger partial charge on any atom is -0.495 e. The van der Waals surface area contributed by atoms with Crippen LogP contribution in [0.2, 0.25) is 0 Å². The van der Waals surface area contributed by atoms with Crippen molar-refractivity contribution in [1.82, 2.24) is 9.80 Å². The molecule has 0 spiro atoms. The molecule has 2 rings (SSSR count). The van der Waals surface area contributed by atoms with Crippen LogP contribution in [0.15, 0.2) is 18.2 Å². The fourth-order valence-electron chi connectivity index (χ4n) is 2.10. The lowest BCUT2D eigenvalue weighted by atomic mass is 10.1. The summed E-state index contributed by atoms with van der Waals surface area (Å²) in [5.41, 5.74) is 0.923. The number of benzene rings is 1. The van der Waals surface area contributed by atoms with Crippen LogP contribution in [0.25, 0.3) is 0 Å². The van der Waals surface area contributed by atoms with Gasteiger partial charge >= 0.3 is 0 Å². The Morgan fingerprint density at radius 2 is 2.04 bits per heavy atom. The Kier molecular flexibility index (Phi) is 7.01. The minimum absolute atomic E-state index is 0.0600. The number of rotatable bonds is 4. The SMILES string of the molecule is COc1cccc2c1NC(=O)CN(CCN(C)C)C2=O.O=CO. The van der Waals surface area contributed by atoms with Crippen molar-refractivity contribution in [3.05, 3.63) is 23.8 Å². The largest absolute Gasteiger partial charge is 0.495 e. The average Bonchev–Trinajstić information content (AvgIpc) is 2.63. The Balaban J connectivity index is 0.000000816. The van der Waals surface area contributed by atoms with Gasteiger partial charge in [0.1, 0.15) is 12.3 Å². The van der Waals surface area contributed by atoms with Gasteiger partial charge in [0.15, 0.2) is 0 Å². The number of carbonyl (C=O) groups excluding carboxylic acids is 2. The lowest BCUT2D eigenvalue weighted by Gasteiger charge is -2.21. The van der Waals surface area contributed by atoms with Crippen molar-refractivity contribution in [1.29, 1.82) is 0 Å². The van der Waals surface area contributed by atoms with E-state index >= 15 is 0 Å². The van der Waals surface area contributed by atoms with E-state index in [0.717, 1.165) is 0 Å². The number of fused-ring (bicyclic) bond motifs is 1. The first-order chi connectivity index (χ1) is 10.9. The predicted molar refractivity (Wildman–Crippen MR) is 84.8 cm³/mol. The Morgan fingerprint density at radius 1 is 1.39 bits per heavy atom. The Hall–Kier alpha value is -2.61. The van der Waals surface area contributed by atoms with E-state index in [1.54, 1.807) is 23.1 Å². The molecule has 0 radical (unpaired) electrons. The molecular weight excluding hydrogens is 302 g/mol. The Bertz CT molecular complexity index is 574. The zero-order valence-corrected chi connectivity index (χ0v) is 13.4. The molecule has 0 saturated carbocycles. The van der Waals surface area contributed by atoms with Crippen molar-refractivity contribution in [3.8, 4) is 5.75 Å². The summed E-state index contributed by atoms with van der Waals surface area (Å²) in [5.74, 6) is 0.137. The van der Waals surface area contributed by atoms with Gasteiger partial charge in [0.05, 0.1) is 18.4 Å². The van der Waals surface area contributed by atoms with Gasteiger partial charge in [0, 0.05) is 13.1 Å².